The van der Waals surface area contributed by atoms with Crippen molar-refractivity contribution in [1.82, 2.24) is 5.32 Å². The van der Waals surface area contributed by atoms with Crippen LogP contribution in [0, 0.1) is 0 Å². The van der Waals surface area contributed by atoms with Gasteiger partial charge in [-0.2, -0.15) is 0 Å². The molecule has 1 aliphatic rings. The van der Waals surface area contributed by atoms with E-state index in [1.54, 1.807) is 7.11 Å². The van der Waals surface area contributed by atoms with Crippen molar-refractivity contribution in [3.05, 3.63) is 24.3 Å². The molecule has 118 valence electrons. The van der Waals surface area contributed by atoms with Crippen LogP contribution in [0.1, 0.15) is 13.3 Å². The van der Waals surface area contributed by atoms with Crippen LogP contribution in [-0.4, -0.2) is 38.3 Å². The molecular formula is C14H18F3NO3. The monoisotopic (exact) mass is 305 g/mol. The Bertz CT molecular complexity index is 450. The number of nitrogens with one attached hydrogen (secondary N) is 1. The molecule has 4 nitrogen and oxygen atoms in total. The van der Waals surface area contributed by atoms with Crippen LogP contribution in [0.25, 0.3) is 0 Å². The Morgan fingerprint density at radius 2 is 1.81 bits per heavy atom. The number of rotatable bonds is 6. The van der Waals surface area contributed by atoms with Crippen LogP contribution in [0.15, 0.2) is 24.3 Å². The number of halogens is 3. The fourth-order valence-corrected chi connectivity index (χ4v) is 2.37. The van der Waals surface area contributed by atoms with Crippen molar-refractivity contribution in [2.75, 3.05) is 13.7 Å². The number of methoxy groups -OCH3 is 1. The van der Waals surface area contributed by atoms with E-state index in [9.17, 15) is 13.2 Å². The van der Waals surface area contributed by atoms with E-state index in [1.165, 1.54) is 24.3 Å². The van der Waals surface area contributed by atoms with Crippen molar-refractivity contribution in [3.63, 3.8) is 0 Å². The van der Waals surface area contributed by atoms with Crippen LogP contribution in [0.5, 0.6) is 11.5 Å². The first-order valence-corrected chi connectivity index (χ1v) is 6.71. The number of hydrogen-bond acceptors (Lipinski definition) is 4. The zero-order chi connectivity index (χ0) is 15.5. The molecule has 0 heterocycles. The van der Waals surface area contributed by atoms with Crippen LogP contribution < -0.4 is 14.8 Å². The van der Waals surface area contributed by atoms with E-state index in [0.29, 0.717) is 5.75 Å². The number of benzene rings is 1. The van der Waals surface area contributed by atoms with E-state index in [-0.39, 0.29) is 24.0 Å². The average Bonchev–Trinajstić information content (AvgIpc) is 2.38. The standard InChI is InChI=1S/C14H18F3NO3/c1-3-18-11-8-12(13(11)19-2)20-9-4-6-10(7-5-9)21-14(15,16)17/h4-7,11-13,18H,3,8H2,1-2H3. The fraction of sp³-hybridized carbons (Fsp3) is 0.571. The topological polar surface area (TPSA) is 39.7 Å². The lowest BCUT2D eigenvalue weighted by Gasteiger charge is -2.43. The predicted molar refractivity (Wildman–Crippen MR) is 70.4 cm³/mol. The van der Waals surface area contributed by atoms with E-state index in [1.807, 2.05) is 6.92 Å². The first-order valence-electron chi connectivity index (χ1n) is 6.71. The lowest BCUT2D eigenvalue weighted by atomic mass is 9.85. The Labute approximate surface area is 121 Å². The molecule has 0 saturated heterocycles. The first-order chi connectivity index (χ1) is 9.93. The second-order valence-corrected chi connectivity index (χ2v) is 4.78. The number of likely N-dealkylation sites (N-methyl/N-ethyl adjacent to an activating group) is 1. The average molecular weight is 305 g/mol. The molecule has 7 heteroatoms. The minimum absolute atomic E-state index is 0.0592. The van der Waals surface area contributed by atoms with Gasteiger partial charge in [0.25, 0.3) is 0 Å². The van der Waals surface area contributed by atoms with Gasteiger partial charge in [-0.25, -0.2) is 0 Å². The number of ether oxygens (including phenoxy) is 3. The Kier molecular flexibility index (Phi) is 4.95. The maximum absolute atomic E-state index is 12.1. The third-order valence-corrected chi connectivity index (χ3v) is 3.33. The van der Waals surface area contributed by atoms with Crippen molar-refractivity contribution < 1.29 is 27.4 Å². The van der Waals surface area contributed by atoms with E-state index in [4.69, 9.17) is 9.47 Å². The highest BCUT2D eigenvalue weighted by atomic mass is 19.4. The minimum Gasteiger partial charge on any atom is -0.488 e. The quantitative estimate of drug-likeness (QED) is 0.877. The normalized spacial score (nSPS) is 25.3. The van der Waals surface area contributed by atoms with Gasteiger partial charge < -0.3 is 19.5 Å². The summed E-state index contributed by atoms with van der Waals surface area (Å²) in [4.78, 5) is 0. The molecule has 1 aromatic rings. The van der Waals surface area contributed by atoms with E-state index in [0.717, 1.165) is 13.0 Å². The molecular weight excluding hydrogens is 287 g/mol. The first kappa shape index (κ1) is 15.9. The van der Waals surface area contributed by atoms with Gasteiger partial charge in [0.2, 0.25) is 0 Å². The van der Waals surface area contributed by atoms with Gasteiger partial charge in [-0.3, -0.25) is 0 Å². The summed E-state index contributed by atoms with van der Waals surface area (Å²) in [6.45, 7) is 2.86. The molecule has 0 radical (unpaired) electrons. The minimum atomic E-state index is -4.68. The van der Waals surface area contributed by atoms with E-state index in [2.05, 4.69) is 10.1 Å². The zero-order valence-electron chi connectivity index (χ0n) is 11.8. The van der Waals surface area contributed by atoms with Gasteiger partial charge in [0.15, 0.2) is 0 Å². The lowest BCUT2D eigenvalue weighted by molar-refractivity contribution is -0.274. The van der Waals surface area contributed by atoms with Crippen LogP contribution in [0.3, 0.4) is 0 Å². The van der Waals surface area contributed by atoms with Gasteiger partial charge in [0.05, 0.1) is 0 Å². The molecule has 21 heavy (non-hydrogen) atoms. The third-order valence-electron chi connectivity index (χ3n) is 3.33. The summed E-state index contributed by atoms with van der Waals surface area (Å²) in [6.07, 6.45) is -4.05. The van der Waals surface area contributed by atoms with Gasteiger partial charge in [-0.15, -0.1) is 13.2 Å². The Morgan fingerprint density at radius 1 is 1.19 bits per heavy atom. The molecule has 1 aliphatic carbocycles. The second-order valence-electron chi connectivity index (χ2n) is 4.78. The Balaban J connectivity index is 1.89. The summed E-state index contributed by atoms with van der Waals surface area (Å²) in [5.74, 6) is 0.226. The fourth-order valence-electron chi connectivity index (χ4n) is 2.37. The summed E-state index contributed by atoms with van der Waals surface area (Å²) in [5.41, 5.74) is 0. The van der Waals surface area contributed by atoms with Crippen molar-refractivity contribution in [3.8, 4) is 11.5 Å². The summed E-state index contributed by atoms with van der Waals surface area (Å²) >= 11 is 0. The molecule has 1 aromatic carbocycles. The van der Waals surface area contributed by atoms with Gasteiger partial charge in [0, 0.05) is 19.6 Å². The summed E-state index contributed by atoms with van der Waals surface area (Å²) in [6, 6.07) is 5.61. The molecule has 0 bridgehead atoms. The van der Waals surface area contributed by atoms with Gasteiger partial charge >= 0.3 is 6.36 Å². The highest BCUT2D eigenvalue weighted by Gasteiger charge is 2.42. The van der Waals surface area contributed by atoms with Crippen LogP contribution in [0.4, 0.5) is 13.2 Å². The SMILES string of the molecule is CCNC1CC(Oc2ccc(OC(F)(F)F)cc2)C1OC. The van der Waals surface area contributed by atoms with Crippen LogP contribution in [0.2, 0.25) is 0 Å². The van der Waals surface area contributed by atoms with E-state index < -0.39 is 6.36 Å². The molecule has 1 saturated carbocycles. The summed E-state index contributed by atoms with van der Waals surface area (Å²) in [5, 5.41) is 3.28. The largest absolute Gasteiger partial charge is 0.573 e. The molecule has 3 unspecified atom stereocenters. The van der Waals surface area contributed by atoms with Gasteiger partial charge in [0.1, 0.15) is 23.7 Å². The zero-order valence-corrected chi connectivity index (χ0v) is 11.8. The molecule has 3 atom stereocenters. The molecule has 0 aliphatic heterocycles. The molecule has 2 rings (SSSR count). The van der Waals surface area contributed by atoms with Crippen molar-refractivity contribution in [1.29, 1.82) is 0 Å². The molecule has 0 amide bonds. The maximum atomic E-state index is 12.1. The molecule has 0 aromatic heterocycles. The van der Waals surface area contributed by atoms with Crippen molar-refractivity contribution in [2.24, 2.45) is 0 Å². The Hall–Kier alpha value is -1.47. The smallest absolute Gasteiger partial charge is 0.488 e. The highest BCUT2D eigenvalue weighted by Crippen LogP contribution is 2.30. The number of hydrogen-bond donors (Lipinski definition) is 1. The summed E-state index contributed by atoms with van der Waals surface area (Å²) in [7, 11) is 1.62. The van der Waals surface area contributed by atoms with Gasteiger partial charge in [-0.05, 0) is 30.8 Å². The maximum Gasteiger partial charge on any atom is 0.573 e. The van der Waals surface area contributed by atoms with Crippen molar-refractivity contribution >= 4 is 0 Å². The molecule has 1 fully saturated rings. The Morgan fingerprint density at radius 3 is 2.33 bits per heavy atom. The van der Waals surface area contributed by atoms with Crippen molar-refractivity contribution in [2.45, 2.75) is 38.0 Å². The van der Waals surface area contributed by atoms with Crippen LogP contribution >= 0.6 is 0 Å². The van der Waals surface area contributed by atoms with Gasteiger partial charge in [-0.1, -0.05) is 6.92 Å². The second kappa shape index (κ2) is 6.53. The van der Waals surface area contributed by atoms with E-state index >= 15 is 0 Å². The number of alkyl halides is 3. The third kappa shape index (κ3) is 4.25. The van der Waals surface area contributed by atoms with Crippen LogP contribution in [-0.2, 0) is 4.74 Å². The highest BCUT2D eigenvalue weighted by molar-refractivity contribution is 5.31. The molecule has 1 N–H and O–H groups in total. The predicted octanol–water partition coefficient (Wildman–Crippen LogP) is 2.73. The molecule has 0 spiro atoms. The lowest BCUT2D eigenvalue weighted by Crippen LogP contribution is -2.60. The summed E-state index contributed by atoms with van der Waals surface area (Å²) < 4.78 is 51.0.